The van der Waals surface area contributed by atoms with Gasteiger partial charge in [-0.25, -0.2) is 0 Å². The molecule has 80 valence electrons. The van der Waals surface area contributed by atoms with Gasteiger partial charge in [0.15, 0.2) is 0 Å². The van der Waals surface area contributed by atoms with Gasteiger partial charge in [-0.05, 0) is 12.8 Å². The highest BCUT2D eigenvalue weighted by molar-refractivity contribution is 5.73. The molecule has 0 bridgehead atoms. The van der Waals surface area contributed by atoms with E-state index in [4.69, 9.17) is 10.2 Å². The zero-order valence-electron chi connectivity index (χ0n) is 7.81. The van der Waals surface area contributed by atoms with Crippen molar-refractivity contribution in [1.29, 1.82) is 0 Å². The van der Waals surface area contributed by atoms with E-state index >= 15 is 0 Å². The van der Waals surface area contributed by atoms with Crippen LogP contribution in [0.15, 0.2) is 0 Å². The van der Waals surface area contributed by atoms with Crippen molar-refractivity contribution in [3.63, 3.8) is 0 Å². The van der Waals surface area contributed by atoms with E-state index in [9.17, 15) is 14.4 Å². The van der Waals surface area contributed by atoms with Gasteiger partial charge >= 0.3 is 11.9 Å². The smallest absolute Gasteiger partial charge is 0.306 e. The van der Waals surface area contributed by atoms with E-state index in [1.165, 1.54) is 0 Å². The molecule has 0 saturated heterocycles. The predicted octanol–water partition coefficient (Wildman–Crippen LogP) is 0.921. The van der Waals surface area contributed by atoms with Crippen LogP contribution in [0.4, 0.5) is 0 Å². The van der Waals surface area contributed by atoms with Crippen LogP contribution in [0, 0.1) is 5.92 Å². The van der Waals surface area contributed by atoms with Crippen molar-refractivity contribution in [2.24, 2.45) is 5.92 Å². The third kappa shape index (κ3) is 6.16. The zero-order valence-corrected chi connectivity index (χ0v) is 7.81. The Bertz CT molecular complexity index is 211. The minimum atomic E-state index is -0.993. The van der Waals surface area contributed by atoms with Gasteiger partial charge in [0.2, 0.25) is 0 Å². The number of unbranched alkanes of at least 4 members (excludes halogenated alkanes) is 1. The summed E-state index contributed by atoms with van der Waals surface area (Å²) in [6, 6.07) is 0. The van der Waals surface area contributed by atoms with Gasteiger partial charge in [-0.3, -0.25) is 9.59 Å². The van der Waals surface area contributed by atoms with Crippen LogP contribution in [0.3, 0.4) is 0 Å². The Morgan fingerprint density at radius 3 is 2.29 bits per heavy atom. The predicted molar refractivity (Wildman–Crippen MR) is 47.9 cm³/mol. The van der Waals surface area contributed by atoms with Crippen molar-refractivity contribution in [3.05, 3.63) is 0 Å². The lowest BCUT2D eigenvalue weighted by molar-refractivity contribution is -0.143. The minimum Gasteiger partial charge on any atom is -0.481 e. The molecule has 1 unspecified atom stereocenters. The molecule has 0 spiro atoms. The van der Waals surface area contributed by atoms with E-state index in [1.54, 1.807) is 0 Å². The Morgan fingerprint density at radius 1 is 1.21 bits per heavy atom. The largest absolute Gasteiger partial charge is 0.481 e. The maximum Gasteiger partial charge on any atom is 0.306 e. The fourth-order valence-corrected chi connectivity index (χ4v) is 1.13. The molecule has 0 radical (unpaired) electrons. The normalized spacial score (nSPS) is 12.0. The summed E-state index contributed by atoms with van der Waals surface area (Å²) >= 11 is 0. The molecule has 0 heterocycles. The second-order valence-electron chi connectivity index (χ2n) is 3.08. The third-order valence-corrected chi connectivity index (χ3v) is 1.92. The quantitative estimate of drug-likeness (QED) is 0.451. The number of carbonyl (C=O) groups excluding carboxylic acids is 1. The summed E-state index contributed by atoms with van der Waals surface area (Å²) in [5, 5.41) is 17.0. The summed E-state index contributed by atoms with van der Waals surface area (Å²) in [6.45, 7) is 0. The molecule has 1 atom stereocenters. The number of hydrogen-bond donors (Lipinski definition) is 2. The van der Waals surface area contributed by atoms with Crippen LogP contribution < -0.4 is 0 Å². The Morgan fingerprint density at radius 2 is 1.86 bits per heavy atom. The summed E-state index contributed by atoms with van der Waals surface area (Å²) in [5.41, 5.74) is 0. The van der Waals surface area contributed by atoms with E-state index in [0.717, 1.165) is 0 Å². The van der Waals surface area contributed by atoms with Gasteiger partial charge in [-0.1, -0.05) is 6.42 Å². The summed E-state index contributed by atoms with van der Waals surface area (Å²) < 4.78 is 0. The van der Waals surface area contributed by atoms with Crippen molar-refractivity contribution < 1.29 is 24.6 Å². The van der Waals surface area contributed by atoms with E-state index in [1.807, 2.05) is 0 Å². The van der Waals surface area contributed by atoms with Gasteiger partial charge < -0.3 is 15.0 Å². The van der Waals surface area contributed by atoms with Gasteiger partial charge in [-0.2, -0.15) is 0 Å². The van der Waals surface area contributed by atoms with E-state index < -0.39 is 17.9 Å². The number of hydrogen-bond acceptors (Lipinski definition) is 3. The standard InChI is InChI=1S/C9H14O5/c10-6-5-7(9(13)14)3-1-2-4-8(11)12/h6-7H,1-5H2,(H,11,12)(H,13,14). The third-order valence-electron chi connectivity index (χ3n) is 1.92. The zero-order chi connectivity index (χ0) is 11.0. The summed E-state index contributed by atoms with van der Waals surface area (Å²) in [4.78, 5) is 30.8. The van der Waals surface area contributed by atoms with Crippen LogP contribution in [0.5, 0.6) is 0 Å². The first-order chi connectivity index (χ1) is 6.57. The lowest BCUT2D eigenvalue weighted by atomic mass is 9.99. The monoisotopic (exact) mass is 202 g/mol. The molecule has 0 aliphatic heterocycles. The first-order valence-corrected chi connectivity index (χ1v) is 4.46. The second-order valence-corrected chi connectivity index (χ2v) is 3.08. The van der Waals surface area contributed by atoms with E-state index in [2.05, 4.69) is 0 Å². The number of rotatable bonds is 8. The highest BCUT2D eigenvalue weighted by Gasteiger charge is 2.16. The van der Waals surface area contributed by atoms with Crippen molar-refractivity contribution in [1.82, 2.24) is 0 Å². The van der Waals surface area contributed by atoms with Gasteiger partial charge in [0.25, 0.3) is 0 Å². The molecular weight excluding hydrogens is 188 g/mol. The van der Waals surface area contributed by atoms with Crippen LogP contribution in [-0.2, 0) is 14.4 Å². The highest BCUT2D eigenvalue weighted by atomic mass is 16.4. The van der Waals surface area contributed by atoms with Crippen LogP contribution >= 0.6 is 0 Å². The summed E-state index contributed by atoms with van der Waals surface area (Å²) in [7, 11) is 0. The maximum atomic E-state index is 10.5. The number of carbonyl (C=O) groups is 3. The van der Waals surface area contributed by atoms with Crippen LogP contribution in [0.2, 0.25) is 0 Å². The van der Waals surface area contributed by atoms with Gasteiger partial charge in [0.05, 0.1) is 5.92 Å². The Labute approximate surface area is 81.7 Å². The molecular formula is C9H14O5. The molecule has 0 saturated carbocycles. The number of aliphatic carboxylic acids is 2. The van der Waals surface area contributed by atoms with Crippen molar-refractivity contribution >= 4 is 18.2 Å². The molecule has 0 aliphatic carbocycles. The molecule has 0 aromatic heterocycles. The summed E-state index contributed by atoms with van der Waals surface area (Å²) in [5.74, 6) is -2.54. The first-order valence-electron chi connectivity index (χ1n) is 4.46. The topological polar surface area (TPSA) is 91.7 Å². The van der Waals surface area contributed by atoms with Crippen molar-refractivity contribution in [2.75, 3.05) is 0 Å². The average Bonchev–Trinajstić information content (AvgIpc) is 2.09. The SMILES string of the molecule is O=CCC(CCCCC(=O)O)C(=O)O. The first kappa shape index (κ1) is 12.6. The Balaban J connectivity index is 3.66. The second kappa shape index (κ2) is 7.06. The maximum absolute atomic E-state index is 10.5. The Hall–Kier alpha value is -1.39. The van der Waals surface area contributed by atoms with Crippen molar-refractivity contribution in [3.8, 4) is 0 Å². The highest BCUT2D eigenvalue weighted by Crippen LogP contribution is 2.12. The average molecular weight is 202 g/mol. The van der Waals surface area contributed by atoms with Crippen LogP contribution in [0.25, 0.3) is 0 Å². The number of aldehydes is 1. The molecule has 0 amide bonds. The van der Waals surface area contributed by atoms with Crippen molar-refractivity contribution in [2.45, 2.75) is 32.1 Å². The molecule has 5 heteroatoms. The van der Waals surface area contributed by atoms with E-state index in [-0.39, 0.29) is 12.8 Å². The molecule has 0 fully saturated rings. The lowest BCUT2D eigenvalue weighted by Crippen LogP contribution is -2.14. The molecule has 0 aromatic rings. The Kier molecular flexibility index (Phi) is 6.36. The van der Waals surface area contributed by atoms with Crippen LogP contribution in [-0.4, -0.2) is 28.4 Å². The van der Waals surface area contributed by atoms with Crippen LogP contribution in [0.1, 0.15) is 32.1 Å². The van der Waals surface area contributed by atoms with Gasteiger partial charge in [0, 0.05) is 12.8 Å². The number of carboxylic acids is 2. The van der Waals surface area contributed by atoms with E-state index in [0.29, 0.717) is 25.5 Å². The fourth-order valence-electron chi connectivity index (χ4n) is 1.13. The molecule has 5 nitrogen and oxygen atoms in total. The molecule has 0 aliphatic rings. The summed E-state index contributed by atoms with van der Waals surface area (Å²) in [6.07, 6.45) is 1.97. The molecule has 14 heavy (non-hydrogen) atoms. The minimum absolute atomic E-state index is 0.00239. The fraction of sp³-hybridized carbons (Fsp3) is 0.667. The van der Waals surface area contributed by atoms with Gasteiger partial charge in [-0.15, -0.1) is 0 Å². The molecule has 0 aromatic carbocycles. The lowest BCUT2D eigenvalue weighted by Gasteiger charge is -2.07. The van der Waals surface area contributed by atoms with Gasteiger partial charge in [0.1, 0.15) is 6.29 Å². The number of carboxylic acid groups (broad SMARTS) is 2. The molecule has 0 rings (SSSR count). The molecule has 2 N–H and O–H groups in total.